The normalized spacial score (nSPS) is 17.7. The van der Waals surface area contributed by atoms with E-state index in [-0.39, 0.29) is 6.10 Å². The van der Waals surface area contributed by atoms with E-state index in [9.17, 15) is 9.59 Å². The Bertz CT molecular complexity index is 261. The molecule has 1 unspecified atom stereocenters. The number of nitrogens with one attached hydrogen (secondary N) is 1. The molecular weight excluding hydrogens is 222 g/mol. The van der Waals surface area contributed by atoms with Crippen LogP contribution in [0.2, 0.25) is 0 Å². The molecule has 0 aliphatic heterocycles. The summed E-state index contributed by atoms with van der Waals surface area (Å²) in [7, 11) is 0. The zero-order chi connectivity index (χ0) is 12.7. The number of carboxylic acid groups (broad SMARTS) is 1. The van der Waals surface area contributed by atoms with Crippen LogP contribution in [0.5, 0.6) is 0 Å². The largest absolute Gasteiger partial charge is 0.480 e. The molecule has 1 fully saturated rings. The molecule has 17 heavy (non-hydrogen) atoms. The van der Waals surface area contributed by atoms with E-state index in [1.165, 1.54) is 0 Å². The molecule has 0 saturated heterocycles. The number of carbonyl (C=O) groups excluding carboxylic acids is 1. The fourth-order valence-electron chi connectivity index (χ4n) is 2.00. The zero-order valence-corrected chi connectivity index (χ0v) is 10.3. The molecule has 98 valence electrons. The average molecular weight is 243 g/mol. The van der Waals surface area contributed by atoms with Crippen molar-refractivity contribution in [2.75, 3.05) is 0 Å². The molecular formula is C12H21NO4. The van der Waals surface area contributed by atoms with Crippen LogP contribution in [-0.2, 0) is 9.53 Å². The fraction of sp³-hybridized carbons (Fsp3) is 0.833. The van der Waals surface area contributed by atoms with Gasteiger partial charge in [-0.25, -0.2) is 9.59 Å². The van der Waals surface area contributed by atoms with Gasteiger partial charge in [-0.15, -0.1) is 0 Å². The Labute approximate surface area is 102 Å². The van der Waals surface area contributed by atoms with Crippen molar-refractivity contribution in [1.29, 1.82) is 0 Å². The van der Waals surface area contributed by atoms with Gasteiger partial charge in [0.2, 0.25) is 0 Å². The Balaban J connectivity index is 2.32. The molecule has 0 radical (unpaired) electrons. The third-order valence-electron chi connectivity index (χ3n) is 3.01. The molecule has 0 bridgehead atoms. The lowest BCUT2D eigenvalue weighted by Crippen LogP contribution is -2.42. The Morgan fingerprint density at radius 1 is 1.41 bits per heavy atom. The summed E-state index contributed by atoms with van der Waals surface area (Å²) in [6.45, 7) is 1.98. The van der Waals surface area contributed by atoms with Gasteiger partial charge in [0, 0.05) is 0 Å². The topological polar surface area (TPSA) is 75.6 Å². The van der Waals surface area contributed by atoms with E-state index < -0.39 is 18.1 Å². The van der Waals surface area contributed by atoms with E-state index in [4.69, 9.17) is 9.84 Å². The lowest BCUT2D eigenvalue weighted by molar-refractivity contribution is -0.139. The maximum atomic E-state index is 11.5. The molecule has 1 amide bonds. The molecule has 2 N–H and O–H groups in total. The highest BCUT2D eigenvalue weighted by molar-refractivity contribution is 5.79. The van der Waals surface area contributed by atoms with Gasteiger partial charge in [0.15, 0.2) is 0 Å². The lowest BCUT2D eigenvalue weighted by atomic mass is 10.1. The third kappa shape index (κ3) is 5.06. The minimum Gasteiger partial charge on any atom is -0.480 e. The molecule has 0 spiro atoms. The number of hydrogen-bond donors (Lipinski definition) is 2. The van der Waals surface area contributed by atoms with Crippen LogP contribution in [0, 0.1) is 0 Å². The van der Waals surface area contributed by atoms with Crippen molar-refractivity contribution in [3.8, 4) is 0 Å². The lowest BCUT2D eigenvalue weighted by Gasteiger charge is -2.16. The molecule has 1 atom stereocenters. The average Bonchev–Trinajstić information content (AvgIpc) is 2.76. The van der Waals surface area contributed by atoms with Gasteiger partial charge in [-0.05, 0) is 32.1 Å². The number of alkyl carbamates (subject to hydrolysis) is 1. The highest BCUT2D eigenvalue weighted by atomic mass is 16.6. The van der Waals surface area contributed by atoms with Crippen molar-refractivity contribution in [3.05, 3.63) is 0 Å². The van der Waals surface area contributed by atoms with Gasteiger partial charge in [0.1, 0.15) is 12.1 Å². The van der Waals surface area contributed by atoms with Crippen LogP contribution in [0.25, 0.3) is 0 Å². The molecule has 1 rings (SSSR count). The van der Waals surface area contributed by atoms with Crippen LogP contribution in [0.3, 0.4) is 0 Å². The minimum atomic E-state index is -0.998. The maximum Gasteiger partial charge on any atom is 0.408 e. The zero-order valence-electron chi connectivity index (χ0n) is 10.3. The van der Waals surface area contributed by atoms with Crippen LogP contribution >= 0.6 is 0 Å². The molecule has 0 aromatic heterocycles. The molecule has 0 heterocycles. The number of ether oxygens (including phenoxy) is 1. The monoisotopic (exact) mass is 243 g/mol. The number of aliphatic carboxylic acids is 1. The summed E-state index contributed by atoms with van der Waals surface area (Å²) in [6.07, 6.45) is 5.44. The van der Waals surface area contributed by atoms with Crippen LogP contribution in [0.4, 0.5) is 4.79 Å². The molecule has 0 aromatic rings. The first-order valence-electron chi connectivity index (χ1n) is 6.33. The Morgan fingerprint density at radius 2 is 2.06 bits per heavy atom. The van der Waals surface area contributed by atoms with Gasteiger partial charge in [0.05, 0.1) is 0 Å². The summed E-state index contributed by atoms with van der Waals surface area (Å²) >= 11 is 0. The standard InChI is InChI=1S/C12H21NO4/c1-2-3-8-10(11(14)15)13-12(16)17-9-6-4-5-7-9/h9-10H,2-8H2,1H3,(H,13,16)(H,14,15). The van der Waals surface area contributed by atoms with Gasteiger partial charge in [0.25, 0.3) is 0 Å². The Hall–Kier alpha value is -1.26. The van der Waals surface area contributed by atoms with Crippen molar-refractivity contribution in [3.63, 3.8) is 0 Å². The number of amides is 1. The van der Waals surface area contributed by atoms with Crippen molar-refractivity contribution in [2.45, 2.75) is 64.0 Å². The van der Waals surface area contributed by atoms with Crippen molar-refractivity contribution < 1.29 is 19.4 Å². The first kappa shape index (κ1) is 13.8. The molecule has 1 saturated carbocycles. The number of hydrogen-bond acceptors (Lipinski definition) is 3. The Kier molecular flexibility index (Phi) is 5.80. The van der Waals surface area contributed by atoms with Gasteiger partial charge in [-0.3, -0.25) is 0 Å². The molecule has 1 aliphatic rings. The summed E-state index contributed by atoms with van der Waals surface area (Å²) in [5.41, 5.74) is 0. The van der Waals surface area contributed by atoms with E-state index in [1.54, 1.807) is 0 Å². The van der Waals surface area contributed by atoms with Crippen LogP contribution in [0.15, 0.2) is 0 Å². The van der Waals surface area contributed by atoms with E-state index in [0.717, 1.165) is 38.5 Å². The summed E-state index contributed by atoms with van der Waals surface area (Å²) in [5.74, 6) is -0.998. The first-order valence-corrected chi connectivity index (χ1v) is 6.33. The third-order valence-corrected chi connectivity index (χ3v) is 3.01. The van der Waals surface area contributed by atoms with E-state index in [2.05, 4.69) is 5.32 Å². The SMILES string of the molecule is CCCCC(NC(=O)OC1CCCC1)C(=O)O. The quantitative estimate of drug-likeness (QED) is 0.750. The Morgan fingerprint density at radius 3 is 2.59 bits per heavy atom. The van der Waals surface area contributed by atoms with E-state index in [0.29, 0.717) is 6.42 Å². The summed E-state index contributed by atoms with van der Waals surface area (Å²) in [6, 6.07) is -0.830. The summed E-state index contributed by atoms with van der Waals surface area (Å²) in [4.78, 5) is 22.4. The van der Waals surface area contributed by atoms with Gasteiger partial charge < -0.3 is 15.2 Å². The predicted molar refractivity (Wildman–Crippen MR) is 62.8 cm³/mol. The second-order valence-electron chi connectivity index (χ2n) is 4.49. The fourth-order valence-corrected chi connectivity index (χ4v) is 2.00. The number of carboxylic acids is 1. The van der Waals surface area contributed by atoms with E-state index in [1.807, 2.05) is 6.92 Å². The molecule has 1 aliphatic carbocycles. The van der Waals surface area contributed by atoms with E-state index >= 15 is 0 Å². The first-order chi connectivity index (χ1) is 8.13. The van der Waals surface area contributed by atoms with Crippen molar-refractivity contribution in [1.82, 2.24) is 5.32 Å². The molecule has 5 nitrogen and oxygen atoms in total. The van der Waals surface area contributed by atoms with Crippen molar-refractivity contribution in [2.24, 2.45) is 0 Å². The summed E-state index contributed by atoms with van der Waals surface area (Å²) < 4.78 is 5.16. The van der Waals surface area contributed by atoms with Crippen LogP contribution in [0.1, 0.15) is 51.9 Å². The molecule has 5 heteroatoms. The number of carbonyl (C=O) groups is 2. The predicted octanol–water partition coefficient (Wildman–Crippen LogP) is 2.30. The smallest absolute Gasteiger partial charge is 0.408 e. The van der Waals surface area contributed by atoms with Crippen LogP contribution < -0.4 is 5.32 Å². The second kappa shape index (κ2) is 7.14. The molecule has 0 aromatic carbocycles. The highest BCUT2D eigenvalue weighted by Gasteiger charge is 2.23. The minimum absolute atomic E-state index is 0.0318. The second-order valence-corrected chi connectivity index (χ2v) is 4.49. The van der Waals surface area contributed by atoms with Crippen LogP contribution in [-0.4, -0.2) is 29.3 Å². The number of rotatable bonds is 6. The van der Waals surface area contributed by atoms with Gasteiger partial charge in [-0.1, -0.05) is 19.8 Å². The highest BCUT2D eigenvalue weighted by Crippen LogP contribution is 2.20. The van der Waals surface area contributed by atoms with Crippen molar-refractivity contribution >= 4 is 12.1 Å². The maximum absolute atomic E-state index is 11.5. The van der Waals surface area contributed by atoms with Gasteiger partial charge in [-0.2, -0.15) is 0 Å². The van der Waals surface area contributed by atoms with Gasteiger partial charge >= 0.3 is 12.1 Å². The summed E-state index contributed by atoms with van der Waals surface area (Å²) in [5, 5.41) is 11.4. The number of unbranched alkanes of at least 4 members (excludes halogenated alkanes) is 1.